The second kappa shape index (κ2) is 9.52. The van der Waals surface area contributed by atoms with E-state index in [-0.39, 0.29) is 0 Å². The van der Waals surface area contributed by atoms with Crippen LogP contribution in [0, 0.1) is 0 Å². The maximum Gasteiger partial charge on any atom is 0.326 e. The molecule has 0 amide bonds. The minimum absolute atomic E-state index is 0.482. The number of carbonyl (C=O) groups is 1. The minimum Gasteiger partial charge on any atom is -0.480 e. The highest BCUT2D eigenvalue weighted by molar-refractivity contribution is 5.73. The average Bonchev–Trinajstić information content (AvgIpc) is 2.21. The van der Waals surface area contributed by atoms with Crippen molar-refractivity contribution < 1.29 is 9.90 Å². The summed E-state index contributed by atoms with van der Waals surface area (Å²) in [6.45, 7) is 2.71. The fourth-order valence-electron chi connectivity index (χ4n) is 1.21. The van der Waals surface area contributed by atoms with E-state index in [0.29, 0.717) is 13.0 Å². The van der Waals surface area contributed by atoms with Crippen LogP contribution in [-0.2, 0) is 4.79 Å². The third-order valence-electron chi connectivity index (χ3n) is 2.12. The highest BCUT2D eigenvalue weighted by atomic mass is 16.4. The van der Waals surface area contributed by atoms with Gasteiger partial charge in [-0.1, -0.05) is 19.4 Å². The van der Waals surface area contributed by atoms with Gasteiger partial charge in [0, 0.05) is 0 Å². The van der Waals surface area contributed by atoms with E-state index >= 15 is 0 Å². The van der Waals surface area contributed by atoms with Crippen LogP contribution in [0.2, 0.25) is 0 Å². The summed E-state index contributed by atoms with van der Waals surface area (Å²) in [5.74, 6) is -0.798. The number of unbranched alkanes of at least 4 members (excludes halogenated alkanes) is 2. The van der Waals surface area contributed by atoms with Gasteiger partial charge in [0.15, 0.2) is 0 Å². The Kier molecular flexibility index (Phi) is 8.87. The van der Waals surface area contributed by atoms with Gasteiger partial charge in [0.1, 0.15) is 6.04 Å². The van der Waals surface area contributed by atoms with E-state index in [1.54, 1.807) is 6.20 Å². The van der Waals surface area contributed by atoms with Crippen molar-refractivity contribution in [2.75, 3.05) is 6.54 Å². The summed E-state index contributed by atoms with van der Waals surface area (Å²) in [5.41, 5.74) is 5.35. The van der Waals surface area contributed by atoms with E-state index in [0.717, 1.165) is 25.7 Å². The van der Waals surface area contributed by atoms with Crippen molar-refractivity contribution in [1.82, 2.24) is 5.32 Å². The largest absolute Gasteiger partial charge is 0.480 e. The van der Waals surface area contributed by atoms with Crippen LogP contribution in [0.3, 0.4) is 0 Å². The van der Waals surface area contributed by atoms with Gasteiger partial charge in [-0.15, -0.1) is 0 Å². The monoisotopic (exact) mass is 214 g/mol. The Morgan fingerprint density at radius 3 is 2.80 bits per heavy atom. The Morgan fingerprint density at radius 1 is 1.53 bits per heavy atom. The quantitative estimate of drug-likeness (QED) is 0.508. The normalized spacial score (nSPS) is 12.9. The lowest BCUT2D eigenvalue weighted by Crippen LogP contribution is -2.33. The summed E-state index contributed by atoms with van der Waals surface area (Å²) in [6.07, 6.45) is 8.10. The fraction of sp³-hybridized carbons (Fsp3) is 0.727. The molecule has 0 aliphatic rings. The second-order valence-corrected chi connectivity index (χ2v) is 3.53. The van der Waals surface area contributed by atoms with Gasteiger partial charge in [-0.05, 0) is 38.4 Å². The first-order valence-corrected chi connectivity index (χ1v) is 5.56. The summed E-state index contributed by atoms with van der Waals surface area (Å²) in [7, 11) is 0. The Labute approximate surface area is 91.5 Å². The highest BCUT2D eigenvalue weighted by Crippen LogP contribution is 2.00. The summed E-state index contributed by atoms with van der Waals surface area (Å²) in [5, 5.41) is 11.8. The number of nitrogens with two attached hydrogens (primary N) is 1. The number of hydrogen-bond acceptors (Lipinski definition) is 3. The van der Waals surface area contributed by atoms with Gasteiger partial charge in [-0.2, -0.15) is 0 Å². The van der Waals surface area contributed by atoms with Crippen LogP contribution >= 0.6 is 0 Å². The van der Waals surface area contributed by atoms with Crippen LogP contribution in [-0.4, -0.2) is 23.7 Å². The molecule has 0 saturated carbocycles. The molecule has 0 saturated heterocycles. The van der Waals surface area contributed by atoms with Gasteiger partial charge < -0.3 is 16.2 Å². The van der Waals surface area contributed by atoms with Gasteiger partial charge >= 0.3 is 5.97 Å². The molecule has 0 rings (SSSR count). The first kappa shape index (κ1) is 14.0. The van der Waals surface area contributed by atoms with Crippen LogP contribution in [0.4, 0.5) is 0 Å². The van der Waals surface area contributed by atoms with Crippen molar-refractivity contribution in [2.45, 2.75) is 45.1 Å². The molecule has 0 aromatic carbocycles. The molecule has 88 valence electrons. The fourth-order valence-corrected chi connectivity index (χ4v) is 1.21. The predicted molar refractivity (Wildman–Crippen MR) is 61.5 cm³/mol. The van der Waals surface area contributed by atoms with Crippen LogP contribution in [0.5, 0.6) is 0 Å². The van der Waals surface area contributed by atoms with Gasteiger partial charge in [0.05, 0.1) is 0 Å². The number of allylic oxidation sites excluding steroid dienone is 1. The summed E-state index contributed by atoms with van der Waals surface area (Å²) in [4.78, 5) is 10.8. The maximum atomic E-state index is 10.8. The third-order valence-corrected chi connectivity index (χ3v) is 2.12. The standard InChI is InChI=1S/C11H22N2O2/c1-2-3-6-9-13-10(11(14)15)7-4-5-8-12/h6,9-10,13H,2-5,7-8,12H2,1H3,(H,14,15). The molecule has 0 aromatic rings. The van der Waals surface area contributed by atoms with Crippen LogP contribution in [0.25, 0.3) is 0 Å². The number of carboxylic acids is 1. The molecule has 0 fully saturated rings. The molecule has 0 heterocycles. The minimum atomic E-state index is -0.798. The number of hydrogen-bond donors (Lipinski definition) is 3. The van der Waals surface area contributed by atoms with Gasteiger partial charge in [-0.3, -0.25) is 0 Å². The summed E-state index contributed by atoms with van der Waals surface area (Å²) >= 11 is 0. The summed E-state index contributed by atoms with van der Waals surface area (Å²) in [6, 6.07) is -0.482. The number of carboxylic acid groups (broad SMARTS) is 1. The molecule has 1 atom stereocenters. The van der Waals surface area contributed by atoms with Crippen molar-refractivity contribution >= 4 is 5.97 Å². The van der Waals surface area contributed by atoms with Gasteiger partial charge in [-0.25, -0.2) is 4.79 Å². The van der Waals surface area contributed by atoms with E-state index in [4.69, 9.17) is 10.8 Å². The number of nitrogens with one attached hydrogen (secondary N) is 1. The van der Waals surface area contributed by atoms with Crippen LogP contribution in [0.15, 0.2) is 12.3 Å². The molecular weight excluding hydrogens is 192 g/mol. The molecule has 0 spiro atoms. The lowest BCUT2D eigenvalue weighted by molar-refractivity contribution is -0.139. The molecule has 0 aliphatic carbocycles. The molecule has 0 aromatic heterocycles. The van der Waals surface area contributed by atoms with Crippen molar-refractivity contribution in [3.05, 3.63) is 12.3 Å². The van der Waals surface area contributed by atoms with E-state index in [9.17, 15) is 4.79 Å². The second-order valence-electron chi connectivity index (χ2n) is 3.53. The Bertz CT molecular complexity index is 193. The lowest BCUT2D eigenvalue weighted by atomic mass is 10.1. The Morgan fingerprint density at radius 2 is 2.27 bits per heavy atom. The first-order valence-electron chi connectivity index (χ1n) is 5.56. The zero-order valence-electron chi connectivity index (χ0n) is 9.41. The molecule has 4 N–H and O–H groups in total. The summed E-state index contributed by atoms with van der Waals surface area (Å²) < 4.78 is 0. The molecule has 1 unspecified atom stereocenters. The molecule has 15 heavy (non-hydrogen) atoms. The Balaban J connectivity index is 3.78. The highest BCUT2D eigenvalue weighted by Gasteiger charge is 2.13. The zero-order valence-corrected chi connectivity index (χ0v) is 9.41. The molecule has 4 nitrogen and oxygen atoms in total. The van der Waals surface area contributed by atoms with E-state index in [1.165, 1.54) is 0 Å². The van der Waals surface area contributed by atoms with Crippen LogP contribution < -0.4 is 11.1 Å². The third kappa shape index (κ3) is 8.00. The Hall–Kier alpha value is -1.03. The molecular formula is C11H22N2O2. The van der Waals surface area contributed by atoms with Gasteiger partial charge in [0.25, 0.3) is 0 Å². The average molecular weight is 214 g/mol. The van der Waals surface area contributed by atoms with E-state index < -0.39 is 12.0 Å². The number of rotatable bonds is 9. The van der Waals surface area contributed by atoms with Crippen molar-refractivity contribution in [3.63, 3.8) is 0 Å². The maximum absolute atomic E-state index is 10.8. The topological polar surface area (TPSA) is 75.3 Å². The van der Waals surface area contributed by atoms with Gasteiger partial charge in [0.2, 0.25) is 0 Å². The van der Waals surface area contributed by atoms with Crippen molar-refractivity contribution in [2.24, 2.45) is 5.73 Å². The lowest BCUT2D eigenvalue weighted by Gasteiger charge is -2.11. The molecule has 0 aliphatic heterocycles. The molecule has 0 bridgehead atoms. The van der Waals surface area contributed by atoms with Crippen molar-refractivity contribution in [3.8, 4) is 0 Å². The van der Waals surface area contributed by atoms with Crippen LogP contribution in [0.1, 0.15) is 39.0 Å². The number of aliphatic carboxylic acids is 1. The molecule has 4 heteroatoms. The first-order chi connectivity index (χ1) is 7.22. The van der Waals surface area contributed by atoms with E-state index in [2.05, 4.69) is 12.2 Å². The van der Waals surface area contributed by atoms with E-state index in [1.807, 2.05) is 6.08 Å². The SMILES string of the molecule is CCCC=CNC(CCCCN)C(=O)O. The zero-order chi connectivity index (χ0) is 11.5. The smallest absolute Gasteiger partial charge is 0.326 e. The van der Waals surface area contributed by atoms with Crippen molar-refractivity contribution in [1.29, 1.82) is 0 Å². The predicted octanol–water partition coefficient (Wildman–Crippen LogP) is 1.47. The molecule has 0 radical (unpaired) electrons.